The van der Waals surface area contributed by atoms with Crippen molar-refractivity contribution in [2.75, 3.05) is 6.61 Å². The second-order valence-corrected chi connectivity index (χ2v) is 2.09. The van der Waals surface area contributed by atoms with Crippen LogP contribution < -0.4 is 0 Å². The maximum Gasteiger partial charge on any atom is 0.505 e. The van der Waals surface area contributed by atoms with Crippen LogP contribution in [0.5, 0.6) is 0 Å². The Hall–Kier alpha value is -0.730. The lowest BCUT2D eigenvalue weighted by Gasteiger charge is -2.05. The van der Waals surface area contributed by atoms with Gasteiger partial charge in [0.05, 0.1) is 6.61 Å². The molecule has 3 heteroatoms. The van der Waals surface area contributed by atoms with Crippen LogP contribution in [0, 0.1) is 5.92 Å². The van der Waals surface area contributed by atoms with E-state index >= 15 is 0 Å². The molecule has 0 saturated carbocycles. The van der Waals surface area contributed by atoms with Crippen molar-refractivity contribution in [3.63, 3.8) is 0 Å². The highest BCUT2D eigenvalue weighted by molar-refractivity contribution is 5.56. The fraction of sp³-hybridized carbons (Fsp3) is 0.833. The maximum atomic E-state index is 9.80. The smallest absolute Gasteiger partial charge is 0.450 e. The molecule has 0 fully saturated rings. The number of hydrogen-bond donors (Lipinski definition) is 1. The van der Waals surface area contributed by atoms with Gasteiger partial charge in [-0.25, -0.2) is 4.79 Å². The molecule has 1 N–H and O–H groups in total. The fourth-order valence-corrected chi connectivity index (χ4v) is 0.331. The van der Waals surface area contributed by atoms with Gasteiger partial charge in [0.25, 0.3) is 0 Å². The van der Waals surface area contributed by atoms with Crippen LogP contribution in [0.25, 0.3) is 0 Å². The van der Waals surface area contributed by atoms with Crippen LogP contribution in [0.15, 0.2) is 0 Å². The van der Waals surface area contributed by atoms with E-state index in [4.69, 9.17) is 5.11 Å². The Kier molecular flexibility index (Phi) is 3.84. The molecule has 0 amide bonds. The summed E-state index contributed by atoms with van der Waals surface area (Å²) in [6.45, 7) is 4.25. The van der Waals surface area contributed by atoms with Crippen molar-refractivity contribution in [3.8, 4) is 0 Å². The first-order chi connectivity index (χ1) is 4.16. The second kappa shape index (κ2) is 4.18. The van der Waals surface area contributed by atoms with Crippen molar-refractivity contribution in [3.05, 3.63) is 0 Å². The minimum Gasteiger partial charge on any atom is -0.450 e. The minimum atomic E-state index is -1.18. The summed E-state index contributed by atoms with van der Waals surface area (Å²) >= 11 is 0. The molecule has 54 valence electrons. The summed E-state index contributed by atoms with van der Waals surface area (Å²) in [5, 5.41) is 8.04. The molecule has 0 aromatic rings. The van der Waals surface area contributed by atoms with Crippen LogP contribution in [-0.4, -0.2) is 17.9 Å². The predicted octanol–water partition coefficient (Wildman–Crippen LogP) is 1.73. The molecule has 0 aliphatic carbocycles. The van der Waals surface area contributed by atoms with Crippen molar-refractivity contribution in [1.82, 2.24) is 0 Å². The van der Waals surface area contributed by atoms with Crippen LogP contribution in [0.1, 0.15) is 20.3 Å². The first-order valence-corrected chi connectivity index (χ1v) is 3.02. The van der Waals surface area contributed by atoms with Crippen LogP contribution in [0.3, 0.4) is 0 Å². The molecule has 0 heterocycles. The van der Waals surface area contributed by atoms with Crippen LogP contribution in [0.4, 0.5) is 4.79 Å². The Labute approximate surface area is 54.6 Å². The molecule has 0 aromatic carbocycles. The summed E-state index contributed by atoms with van der Waals surface area (Å²) in [7, 11) is 0. The molecule has 0 spiro atoms. The van der Waals surface area contributed by atoms with Crippen LogP contribution in [-0.2, 0) is 4.74 Å². The van der Waals surface area contributed by atoms with E-state index in [1.54, 1.807) is 0 Å². The lowest BCUT2D eigenvalue weighted by atomic mass is 10.1. The molecule has 9 heavy (non-hydrogen) atoms. The van der Waals surface area contributed by atoms with Gasteiger partial charge in [-0.3, -0.25) is 0 Å². The SMILES string of the molecule is CC[C@H](C)COC(=O)O. The zero-order valence-corrected chi connectivity index (χ0v) is 5.76. The molecular formula is C6H12O3. The summed E-state index contributed by atoms with van der Waals surface area (Å²) in [5.41, 5.74) is 0. The van der Waals surface area contributed by atoms with E-state index in [9.17, 15) is 4.79 Å². The number of carboxylic acid groups (broad SMARTS) is 1. The topological polar surface area (TPSA) is 46.5 Å². The third-order valence-electron chi connectivity index (χ3n) is 1.19. The summed E-state index contributed by atoms with van der Waals surface area (Å²) in [6, 6.07) is 0. The van der Waals surface area contributed by atoms with E-state index in [2.05, 4.69) is 4.74 Å². The average Bonchev–Trinajstić information content (AvgIpc) is 1.83. The van der Waals surface area contributed by atoms with Gasteiger partial charge in [-0.05, 0) is 5.92 Å². The van der Waals surface area contributed by atoms with E-state index in [0.717, 1.165) is 6.42 Å². The molecule has 0 aliphatic rings. The Morgan fingerprint density at radius 2 is 2.33 bits per heavy atom. The largest absolute Gasteiger partial charge is 0.505 e. The van der Waals surface area contributed by atoms with Crippen molar-refractivity contribution in [2.45, 2.75) is 20.3 Å². The standard InChI is InChI=1S/C6H12O3/c1-3-5(2)4-9-6(7)8/h5H,3-4H2,1-2H3,(H,7,8)/t5-/m0/s1. The second-order valence-electron chi connectivity index (χ2n) is 2.09. The Bertz CT molecular complexity index is 90.3. The van der Waals surface area contributed by atoms with Crippen molar-refractivity contribution in [1.29, 1.82) is 0 Å². The lowest BCUT2D eigenvalue weighted by Crippen LogP contribution is -2.08. The van der Waals surface area contributed by atoms with Gasteiger partial charge in [0, 0.05) is 0 Å². The van der Waals surface area contributed by atoms with Gasteiger partial charge in [-0.15, -0.1) is 0 Å². The predicted molar refractivity (Wildman–Crippen MR) is 33.4 cm³/mol. The monoisotopic (exact) mass is 132 g/mol. The molecule has 0 aliphatic heterocycles. The van der Waals surface area contributed by atoms with E-state index in [1.807, 2.05) is 13.8 Å². The van der Waals surface area contributed by atoms with Crippen molar-refractivity contribution in [2.24, 2.45) is 5.92 Å². The molecule has 0 bridgehead atoms. The van der Waals surface area contributed by atoms with Crippen LogP contribution in [0.2, 0.25) is 0 Å². The molecule has 3 nitrogen and oxygen atoms in total. The van der Waals surface area contributed by atoms with Crippen molar-refractivity contribution >= 4 is 6.16 Å². The molecular weight excluding hydrogens is 120 g/mol. The van der Waals surface area contributed by atoms with E-state index in [0.29, 0.717) is 12.5 Å². The Morgan fingerprint density at radius 3 is 2.67 bits per heavy atom. The molecule has 1 atom stereocenters. The molecule has 0 unspecified atom stereocenters. The summed E-state index contributed by atoms with van der Waals surface area (Å²) < 4.78 is 4.31. The highest BCUT2D eigenvalue weighted by atomic mass is 16.7. The maximum absolute atomic E-state index is 9.80. The summed E-state index contributed by atoms with van der Waals surface area (Å²) in [5.74, 6) is 0.334. The first-order valence-electron chi connectivity index (χ1n) is 3.02. The van der Waals surface area contributed by atoms with Gasteiger partial charge >= 0.3 is 6.16 Å². The molecule has 0 rings (SSSR count). The van der Waals surface area contributed by atoms with E-state index in [1.165, 1.54) is 0 Å². The lowest BCUT2D eigenvalue weighted by molar-refractivity contribution is 0.0787. The van der Waals surface area contributed by atoms with Gasteiger partial charge in [0.15, 0.2) is 0 Å². The summed E-state index contributed by atoms with van der Waals surface area (Å²) in [6.07, 6.45) is -0.233. The normalized spacial score (nSPS) is 12.7. The van der Waals surface area contributed by atoms with Gasteiger partial charge in [-0.1, -0.05) is 20.3 Å². The van der Waals surface area contributed by atoms with E-state index in [-0.39, 0.29) is 0 Å². The molecule has 0 saturated heterocycles. The number of rotatable bonds is 3. The summed E-state index contributed by atoms with van der Waals surface area (Å²) in [4.78, 5) is 9.80. The zero-order valence-electron chi connectivity index (χ0n) is 5.76. The van der Waals surface area contributed by atoms with Crippen molar-refractivity contribution < 1.29 is 14.6 Å². The van der Waals surface area contributed by atoms with Gasteiger partial charge in [0.1, 0.15) is 0 Å². The quantitative estimate of drug-likeness (QED) is 0.595. The van der Waals surface area contributed by atoms with Gasteiger partial charge in [-0.2, -0.15) is 0 Å². The fourth-order valence-electron chi connectivity index (χ4n) is 0.331. The number of carbonyl (C=O) groups is 1. The van der Waals surface area contributed by atoms with Gasteiger partial charge < -0.3 is 9.84 Å². The molecule has 0 aromatic heterocycles. The number of ether oxygens (including phenoxy) is 1. The zero-order chi connectivity index (χ0) is 7.28. The highest BCUT2D eigenvalue weighted by Gasteiger charge is 2.01. The Balaban J connectivity index is 3.16. The van der Waals surface area contributed by atoms with Crippen LogP contribution >= 0.6 is 0 Å². The third-order valence-corrected chi connectivity index (χ3v) is 1.19. The van der Waals surface area contributed by atoms with Gasteiger partial charge in [0.2, 0.25) is 0 Å². The van der Waals surface area contributed by atoms with E-state index < -0.39 is 6.16 Å². The number of hydrogen-bond acceptors (Lipinski definition) is 2. The first kappa shape index (κ1) is 8.27. The molecule has 0 radical (unpaired) electrons. The minimum absolute atomic E-state index is 0.311. The average molecular weight is 132 g/mol. The Morgan fingerprint density at radius 1 is 1.78 bits per heavy atom. The third kappa shape index (κ3) is 5.14. The highest BCUT2D eigenvalue weighted by Crippen LogP contribution is 1.99.